The second-order valence-electron chi connectivity index (χ2n) is 5.12. The van der Waals surface area contributed by atoms with Gasteiger partial charge in [-0.2, -0.15) is 17.0 Å². The van der Waals surface area contributed by atoms with Crippen LogP contribution in [-0.4, -0.2) is 53.9 Å². The first-order chi connectivity index (χ1) is 8.01. The average Bonchev–Trinajstić information content (AvgIpc) is 2.29. The van der Waals surface area contributed by atoms with E-state index in [0.717, 1.165) is 25.7 Å². The third-order valence-corrected chi connectivity index (χ3v) is 5.84. The van der Waals surface area contributed by atoms with Gasteiger partial charge in [0.2, 0.25) is 0 Å². The van der Waals surface area contributed by atoms with Gasteiger partial charge in [-0.25, -0.2) is 0 Å². The minimum Gasteiger partial charge on any atom is -0.392 e. The van der Waals surface area contributed by atoms with Gasteiger partial charge in [0.1, 0.15) is 0 Å². The number of rotatable bonds is 2. The van der Waals surface area contributed by atoms with Crippen LogP contribution in [0.15, 0.2) is 0 Å². The zero-order valence-electron chi connectivity index (χ0n) is 10.4. The lowest BCUT2D eigenvalue weighted by atomic mass is 10.1. The highest BCUT2D eigenvalue weighted by atomic mass is 32.2. The van der Waals surface area contributed by atoms with Gasteiger partial charge < -0.3 is 5.11 Å². The maximum absolute atomic E-state index is 12.4. The Hall–Kier alpha value is -0.170. The number of aliphatic hydroxyl groups excluding tert-OH is 1. The summed E-state index contributed by atoms with van der Waals surface area (Å²) in [5.74, 6) is 0. The molecule has 2 atom stereocenters. The molecular formula is C11H22N2O3S. The third-order valence-electron chi connectivity index (χ3n) is 3.72. The molecule has 2 saturated heterocycles. The predicted molar refractivity (Wildman–Crippen MR) is 65.8 cm³/mol. The number of hydrogen-bond donors (Lipinski definition) is 1. The van der Waals surface area contributed by atoms with Crippen LogP contribution in [0.25, 0.3) is 0 Å². The summed E-state index contributed by atoms with van der Waals surface area (Å²) in [6.45, 7) is 3.39. The summed E-state index contributed by atoms with van der Waals surface area (Å²) in [5.41, 5.74) is 0. The number of nitrogens with zero attached hydrogens (tertiary/aromatic N) is 2. The molecule has 5 nitrogen and oxygen atoms in total. The summed E-state index contributed by atoms with van der Waals surface area (Å²) >= 11 is 0. The number of β-amino-alcohol motifs (C(OH)–C–C–N with tert-alkyl or cyclic N) is 1. The van der Waals surface area contributed by atoms with Crippen molar-refractivity contribution in [3.05, 3.63) is 0 Å². The van der Waals surface area contributed by atoms with Gasteiger partial charge in [-0.3, -0.25) is 0 Å². The standard InChI is InChI=1S/C11H22N2O3S/c1-10-5-2-3-8-13(10)17(15,16)12-7-4-6-11(14)9-12/h10-11,14H,2-9H2,1H3/t10?,11-/m0/s1. The molecule has 2 aliphatic rings. The van der Waals surface area contributed by atoms with Gasteiger partial charge >= 0.3 is 0 Å². The molecule has 17 heavy (non-hydrogen) atoms. The normalized spacial score (nSPS) is 33.8. The van der Waals surface area contributed by atoms with Gasteiger partial charge in [-0.05, 0) is 32.6 Å². The van der Waals surface area contributed by atoms with E-state index in [-0.39, 0.29) is 12.6 Å². The molecule has 0 saturated carbocycles. The van der Waals surface area contributed by atoms with Crippen LogP contribution in [0.2, 0.25) is 0 Å². The van der Waals surface area contributed by atoms with Crippen LogP contribution in [0, 0.1) is 0 Å². The molecule has 2 aliphatic heterocycles. The SMILES string of the molecule is CC1CCCCN1S(=O)(=O)N1CCC[C@H](O)C1. The monoisotopic (exact) mass is 262 g/mol. The largest absolute Gasteiger partial charge is 0.392 e. The highest BCUT2D eigenvalue weighted by Gasteiger charge is 2.36. The van der Waals surface area contributed by atoms with Gasteiger partial charge in [0.25, 0.3) is 10.2 Å². The molecule has 0 radical (unpaired) electrons. The van der Waals surface area contributed by atoms with Crippen LogP contribution < -0.4 is 0 Å². The first kappa shape index (κ1) is 13.3. The number of aliphatic hydroxyl groups is 1. The van der Waals surface area contributed by atoms with Gasteiger partial charge in [0.05, 0.1) is 6.10 Å². The summed E-state index contributed by atoms with van der Waals surface area (Å²) in [4.78, 5) is 0. The van der Waals surface area contributed by atoms with Crippen LogP contribution >= 0.6 is 0 Å². The van der Waals surface area contributed by atoms with E-state index in [0.29, 0.717) is 19.5 Å². The van der Waals surface area contributed by atoms with E-state index in [1.54, 1.807) is 4.31 Å². The summed E-state index contributed by atoms with van der Waals surface area (Å²) in [6, 6.07) is 0.0906. The molecule has 0 aromatic heterocycles. The van der Waals surface area contributed by atoms with Crippen molar-refractivity contribution < 1.29 is 13.5 Å². The van der Waals surface area contributed by atoms with E-state index in [4.69, 9.17) is 0 Å². The minimum absolute atomic E-state index is 0.0906. The van der Waals surface area contributed by atoms with Gasteiger partial charge in [-0.1, -0.05) is 6.42 Å². The summed E-state index contributed by atoms with van der Waals surface area (Å²) in [6.07, 6.45) is 3.95. The fourth-order valence-electron chi connectivity index (χ4n) is 2.69. The molecule has 2 fully saturated rings. The molecule has 2 rings (SSSR count). The van der Waals surface area contributed by atoms with Crippen LogP contribution in [0.3, 0.4) is 0 Å². The van der Waals surface area contributed by atoms with E-state index in [9.17, 15) is 13.5 Å². The van der Waals surface area contributed by atoms with E-state index in [2.05, 4.69) is 0 Å². The van der Waals surface area contributed by atoms with E-state index >= 15 is 0 Å². The fraction of sp³-hybridized carbons (Fsp3) is 1.00. The molecule has 6 heteroatoms. The summed E-state index contributed by atoms with van der Waals surface area (Å²) < 4.78 is 27.9. The predicted octanol–water partition coefficient (Wildman–Crippen LogP) is 0.562. The number of hydrogen-bond acceptors (Lipinski definition) is 3. The zero-order valence-corrected chi connectivity index (χ0v) is 11.2. The first-order valence-electron chi connectivity index (χ1n) is 6.47. The van der Waals surface area contributed by atoms with Crippen LogP contribution in [-0.2, 0) is 10.2 Å². The van der Waals surface area contributed by atoms with Crippen molar-refractivity contribution in [1.82, 2.24) is 8.61 Å². The molecule has 2 heterocycles. The smallest absolute Gasteiger partial charge is 0.282 e. The molecule has 1 unspecified atom stereocenters. The lowest BCUT2D eigenvalue weighted by Gasteiger charge is -2.38. The molecule has 0 aromatic carbocycles. The maximum Gasteiger partial charge on any atom is 0.282 e. The Morgan fingerprint density at radius 1 is 1.12 bits per heavy atom. The topological polar surface area (TPSA) is 60.9 Å². The van der Waals surface area contributed by atoms with Gasteiger partial charge in [0.15, 0.2) is 0 Å². The molecular weight excluding hydrogens is 240 g/mol. The van der Waals surface area contributed by atoms with E-state index < -0.39 is 16.3 Å². The Morgan fingerprint density at radius 3 is 2.53 bits per heavy atom. The second-order valence-corrected chi connectivity index (χ2v) is 7.00. The summed E-state index contributed by atoms with van der Waals surface area (Å²) in [5, 5.41) is 9.58. The molecule has 0 aliphatic carbocycles. The molecule has 0 bridgehead atoms. The van der Waals surface area contributed by atoms with Crippen LogP contribution in [0.4, 0.5) is 0 Å². The molecule has 0 amide bonds. The van der Waals surface area contributed by atoms with Crippen molar-refractivity contribution in [3.8, 4) is 0 Å². The molecule has 0 spiro atoms. The van der Waals surface area contributed by atoms with Gasteiger partial charge in [-0.15, -0.1) is 0 Å². The Morgan fingerprint density at radius 2 is 1.88 bits per heavy atom. The van der Waals surface area contributed by atoms with Crippen LogP contribution in [0.5, 0.6) is 0 Å². The lowest BCUT2D eigenvalue weighted by molar-refractivity contribution is 0.102. The van der Waals surface area contributed by atoms with Crippen molar-refractivity contribution in [1.29, 1.82) is 0 Å². The van der Waals surface area contributed by atoms with Crippen LogP contribution in [0.1, 0.15) is 39.0 Å². The van der Waals surface area contributed by atoms with Crippen molar-refractivity contribution in [2.75, 3.05) is 19.6 Å². The zero-order chi connectivity index (χ0) is 12.5. The average molecular weight is 262 g/mol. The Bertz CT molecular complexity index is 358. The Balaban J connectivity index is 2.11. The van der Waals surface area contributed by atoms with Crippen molar-refractivity contribution in [2.24, 2.45) is 0 Å². The molecule has 100 valence electrons. The highest BCUT2D eigenvalue weighted by Crippen LogP contribution is 2.24. The van der Waals surface area contributed by atoms with Crippen molar-refractivity contribution >= 4 is 10.2 Å². The van der Waals surface area contributed by atoms with E-state index in [1.165, 1.54) is 4.31 Å². The van der Waals surface area contributed by atoms with Crippen molar-refractivity contribution in [2.45, 2.75) is 51.2 Å². The van der Waals surface area contributed by atoms with Crippen molar-refractivity contribution in [3.63, 3.8) is 0 Å². The summed E-state index contributed by atoms with van der Waals surface area (Å²) in [7, 11) is -3.36. The quantitative estimate of drug-likeness (QED) is 0.791. The number of piperidine rings is 2. The maximum atomic E-state index is 12.4. The molecule has 1 N–H and O–H groups in total. The van der Waals surface area contributed by atoms with Gasteiger partial charge in [0, 0.05) is 25.7 Å². The fourth-order valence-corrected chi connectivity index (χ4v) is 4.63. The first-order valence-corrected chi connectivity index (χ1v) is 7.86. The van der Waals surface area contributed by atoms with E-state index in [1.807, 2.05) is 6.92 Å². The third kappa shape index (κ3) is 2.81. The highest BCUT2D eigenvalue weighted by molar-refractivity contribution is 7.86. The molecule has 0 aromatic rings. The lowest BCUT2D eigenvalue weighted by Crippen LogP contribution is -2.53. The Labute approximate surface area is 104 Å². The Kier molecular flexibility index (Phi) is 4.07. The second kappa shape index (κ2) is 5.22. The minimum atomic E-state index is -3.36.